The Hall–Kier alpha value is -5.12. The average Bonchev–Trinajstić information content (AvgIpc) is 3.01. The number of esters is 5. The highest BCUT2D eigenvalue weighted by atomic mass is 127. The van der Waals surface area contributed by atoms with E-state index in [2.05, 4.69) is 28.5 Å². The molecular weight excluding hydrogens is 683 g/mol. The van der Waals surface area contributed by atoms with Crippen LogP contribution in [0.4, 0.5) is 0 Å². The summed E-state index contributed by atoms with van der Waals surface area (Å²) >= 11 is 1.92. The van der Waals surface area contributed by atoms with E-state index in [1.165, 1.54) is 41.6 Å². The number of nitrogens with zero attached hydrogens (tertiary/aromatic N) is 2. The SMILES string of the molecule is COC(=O)c1cccc(C(=O)OC)c1I.COC(=O)c1cccc(C)c1C(C#N)C(=O)OC.O=C=O.[C-]#[N+]CC(=O)OC. The highest BCUT2D eigenvalue weighted by molar-refractivity contribution is 14.1. The molecule has 0 spiro atoms. The van der Waals surface area contributed by atoms with Crippen LogP contribution in [0.1, 0.15) is 48.1 Å². The zero-order valence-electron chi connectivity index (χ0n) is 23.9. The number of methoxy groups -OCH3 is 5. The van der Waals surface area contributed by atoms with Gasteiger partial charge in [-0.25, -0.2) is 25.8 Å². The minimum atomic E-state index is -1.13. The summed E-state index contributed by atoms with van der Waals surface area (Å²) in [6, 6.07) is 11.5. The lowest BCUT2D eigenvalue weighted by molar-refractivity contribution is -0.191. The lowest BCUT2D eigenvalue weighted by Gasteiger charge is -2.14. The van der Waals surface area contributed by atoms with Gasteiger partial charge in [-0.3, -0.25) is 4.79 Å². The van der Waals surface area contributed by atoms with Crippen molar-refractivity contribution in [3.05, 3.63) is 79.2 Å². The molecule has 0 radical (unpaired) electrons. The van der Waals surface area contributed by atoms with Gasteiger partial charge in [0, 0.05) is 3.57 Å². The van der Waals surface area contributed by atoms with Gasteiger partial charge in [0.1, 0.15) is 0 Å². The van der Waals surface area contributed by atoms with Crippen LogP contribution in [0.15, 0.2) is 36.4 Å². The van der Waals surface area contributed by atoms with Gasteiger partial charge < -0.3 is 28.5 Å². The van der Waals surface area contributed by atoms with E-state index in [0.717, 1.165) is 0 Å². The fraction of sp³-hybridized carbons (Fsp3) is 0.286. The van der Waals surface area contributed by atoms with Gasteiger partial charge in [0.2, 0.25) is 0 Å². The van der Waals surface area contributed by atoms with Gasteiger partial charge in [0.25, 0.3) is 0 Å². The molecule has 14 nitrogen and oxygen atoms in total. The van der Waals surface area contributed by atoms with Crippen LogP contribution >= 0.6 is 22.6 Å². The molecular formula is C28H27IN2O12. The van der Waals surface area contributed by atoms with E-state index >= 15 is 0 Å². The predicted molar refractivity (Wildman–Crippen MR) is 153 cm³/mol. The van der Waals surface area contributed by atoms with Crippen LogP contribution in [0.2, 0.25) is 0 Å². The molecule has 43 heavy (non-hydrogen) atoms. The Morgan fingerprint density at radius 3 is 1.58 bits per heavy atom. The van der Waals surface area contributed by atoms with Crippen LogP contribution in [0.3, 0.4) is 0 Å². The smallest absolute Gasteiger partial charge is 0.386 e. The van der Waals surface area contributed by atoms with E-state index in [1.54, 1.807) is 37.3 Å². The maximum atomic E-state index is 11.6. The van der Waals surface area contributed by atoms with Crippen molar-refractivity contribution in [1.82, 2.24) is 0 Å². The van der Waals surface area contributed by atoms with Crippen molar-refractivity contribution in [2.75, 3.05) is 42.1 Å². The van der Waals surface area contributed by atoms with E-state index in [0.29, 0.717) is 25.8 Å². The topological polar surface area (TPSA) is 194 Å². The molecule has 0 aliphatic carbocycles. The van der Waals surface area contributed by atoms with Crippen molar-refractivity contribution >= 4 is 58.6 Å². The first-order chi connectivity index (χ1) is 20.4. The third kappa shape index (κ3) is 13.4. The van der Waals surface area contributed by atoms with Crippen LogP contribution in [0.5, 0.6) is 0 Å². The molecule has 0 saturated heterocycles. The van der Waals surface area contributed by atoms with Crippen molar-refractivity contribution in [1.29, 1.82) is 5.26 Å². The normalized spacial score (nSPS) is 9.33. The number of carbonyl (C=O) groups is 5. The van der Waals surface area contributed by atoms with Gasteiger partial charge in [-0.05, 0) is 58.8 Å². The zero-order chi connectivity index (χ0) is 33.5. The third-order valence-electron chi connectivity index (χ3n) is 4.83. The number of hydrogen-bond donors (Lipinski definition) is 0. The molecule has 0 saturated carbocycles. The Kier molecular flexibility index (Phi) is 21.0. The summed E-state index contributed by atoms with van der Waals surface area (Å²) in [6.07, 6.45) is 0.250. The van der Waals surface area contributed by atoms with Crippen molar-refractivity contribution in [2.45, 2.75) is 12.8 Å². The Bertz CT molecular complexity index is 1370. The summed E-state index contributed by atoms with van der Waals surface area (Å²) in [5.41, 5.74) is 1.92. The number of ether oxygens (including phenoxy) is 5. The fourth-order valence-corrected chi connectivity index (χ4v) is 3.70. The first-order valence-corrected chi connectivity index (χ1v) is 12.5. The number of benzene rings is 2. The Morgan fingerprint density at radius 2 is 1.23 bits per heavy atom. The van der Waals surface area contributed by atoms with Crippen LogP contribution in [0.25, 0.3) is 4.85 Å². The third-order valence-corrected chi connectivity index (χ3v) is 5.99. The molecule has 0 amide bonds. The second-order valence-corrected chi connectivity index (χ2v) is 8.32. The molecule has 2 rings (SSSR count). The maximum Gasteiger partial charge on any atom is 0.386 e. The Balaban J connectivity index is 0. The van der Waals surface area contributed by atoms with Gasteiger partial charge in [-0.1, -0.05) is 18.2 Å². The molecule has 0 heterocycles. The summed E-state index contributed by atoms with van der Waals surface area (Å²) in [6.45, 7) is 7.71. The van der Waals surface area contributed by atoms with E-state index in [-0.39, 0.29) is 18.3 Å². The molecule has 15 heteroatoms. The van der Waals surface area contributed by atoms with Crippen molar-refractivity contribution in [3.8, 4) is 6.07 Å². The second-order valence-electron chi connectivity index (χ2n) is 7.24. The summed E-state index contributed by atoms with van der Waals surface area (Å²) in [4.78, 5) is 74.8. The molecule has 0 aromatic heterocycles. The van der Waals surface area contributed by atoms with Crippen LogP contribution < -0.4 is 0 Å². The van der Waals surface area contributed by atoms with Gasteiger partial charge in [0.15, 0.2) is 5.92 Å². The number of hydrogen-bond acceptors (Lipinski definition) is 13. The maximum absolute atomic E-state index is 11.6. The standard InChI is InChI=1S/C13H13NO4.C10H9IO4.C4H5NO2.CO2/c1-8-5-4-6-9(12(15)17-2)11(8)10(7-14)13(16)18-3;1-14-9(12)6-4-3-5-7(8(6)11)10(13)15-2;1-5-3-4(6)7-2;2-1-3/h4-6,10H,1-3H3;3-5H,1-2H3;3H2,2H3;. The monoisotopic (exact) mass is 710 g/mol. The molecule has 0 aliphatic rings. The molecule has 0 N–H and O–H groups in total. The predicted octanol–water partition coefficient (Wildman–Crippen LogP) is 2.92. The van der Waals surface area contributed by atoms with E-state index in [9.17, 15) is 24.0 Å². The van der Waals surface area contributed by atoms with Gasteiger partial charge in [0.05, 0.1) is 58.3 Å². The van der Waals surface area contributed by atoms with Crippen LogP contribution in [0, 0.1) is 28.4 Å². The number of aryl methyl sites for hydroxylation is 1. The molecule has 1 unspecified atom stereocenters. The molecule has 0 fully saturated rings. The van der Waals surface area contributed by atoms with Crippen molar-refractivity contribution in [3.63, 3.8) is 0 Å². The van der Waals surface area contributed by atoms with Gasteiger partial charge in [-0.15, -0.1) is 0 Å². The highest BCUT2D eigenvalue weighted by Crippen LogP contribution is 2.25. The molecule has 1 atom stereocenters. The summed E-state index contributed by atoms with van der Waals surface area (Å²) < 4.78 is 23.1. The van der Waals surface area contributed by atoms with E-state index in [4.69, 9.17) is 21.4 Å². The lowest BCUT2D eigenvalue weighted by atomic mass is 9.91. The molecule has 0 bridgehead atoms. The number of nitriles is 1. The first-order valence-electron chi connectivity index (χ1n) is 11.4. The summed E-state index contributed by atoms with van der Waals surface area (Å²) in [5.74, 6) is -3.83. The van der Waals surface area contributed by atoms with Gasteiger partial charge in [-0.2, -0.15) is 14.9 Å². The number of rotatable bonds is 6. The average molecular weight is 710 g/mol. The Morgan fingerprint density at radius 1 is 0.814 bits per heavy atom. The second kappa shape index (κ2) is 22.6. The lowest BCUT2D eigenvalue weighted by Crippen LogP contribution is -2.18. The highest BCUT2D eigenvalue weighted by Gasteiger charge is 2.28. The van der Waals surface area contributed by atoms with Crippen molar-refractivity contribution in [2.24, 2.45) is 0 Å². The quantitative estimate of drug-likeness (QED) is 0.184. The van der Waals surface area contributed by atoms with E-state index in [1.807, 2.05) is 28.7 Å². The van der Waals surface area contributed by atoms with Crippen LogP contribution in [-0.2, 0) is 42.9 Å². The minimum absolute atomic E-state index is 0.170. The summed E-state index contributed by atoms with van der Waals surface area (Å²) in [7, 11) is 6.29. The number of halogens is 1. The van der Waals surface area contributed by atoms with Crippen LogP contribution in [-0.4, -0.2) is 78.1 Å². The molecule has 2 aromatic carbocycles. The molecule has 0 aliphatic heterocycles. The Labute approximate surface area is 260 Å². The largest absolute Gasteiger partial charge is 0.468 e. The van der Waals surface area contributed by atoms with E-state index < -0.39 is 35.8 Å². The molecule has 2 aromatic rings. The van der Waals surface area contributed by atoms with Crippen molar-refractivity contribution < 1.29 is 57.2 Å². The van der Waals surface area contributed by atoms with Gasteiger partial charge >= 0.3 is 42.5 Å². The molecule has 228 valence electrons. The zero-order valence-corrected chi connectivity index (χ0v) is 26.1. The number of carbonyl (C=O) groups excluding carboxylic acids is 7. The first kappa shape index (κ1) is 40.0. The minimum Gasteiger partial charge on any atom is -0.468 e. The summed E-state index contributed by atoms with van der Waals surface area (Å²) in [5, 5.41) is 9.08. The fourth-order valence-electron chi connectivity index (χ4n) is 2.90.